The van der Waals surface area contributed by atoms with Crippen LogP contribution in [0.2, 0.25) is 5.02 Å². The van der Waals surface area contributed by atoms with Crippen LogP contribution in [0.3, 0.4) is 0 Å². The Morgan fingerprint density at radius 3 is 2.70 bits per heavy atom. The van der Waals surface area contributed by atoms with Gasteiger partial charge in [0.2, 0.25) is 0 Å². The molecule has 0 saturated carbocycles. The number of anilines is 2. The van der Waals surface area contributed by atoms with Crippen LogP contribution in [0.25, 0.3) is 0 Å². The van der Waals surface area contributed by atoms with Crippen molar-refractivity contribution < 1.29 is 9.18 Å². The summed E-state index contributed by atoms with van der Waals surface area (Å²) < 4.78 is 13.4. The van der Waals surface area contributed by atoms with Gasteiger partial charge in [-0.15, -0.1) is 0 Å². The summed E-state index contributed by atoms with van der Waals surface area (Å²) in [6.45, 7) is 0. The lowest BCUT2D eigenvalue weighted by Gasteiger charge is -2.09. The number of rotatable bonds is 3. The fraction of sp³-hybridized carbons (Fsp3) is 0. The summed E-state index contributed by atoms with van der Waals surface area (Å²) in [7, 11) is 0. The molecule has 0 radical (unpaired) electrons. The number of carbonyl (C=O) groups excluding carboxylic acids is 1. The first-order chi connectivity index (χ1) is 9.51. The van der Waals surface area contributed by atoms with Crippen LogP contribution >= 0.6 is 27.5 Å². The highest BCUT2D eigenvalue weighted by molar-refractivity contribution is 9.10. The number of hydrogen-bond acceptors (Lipinski definition) is 4. The van der Waals surface area contributed by atoms with E-state index >= 15 is 0 Å². The van der Waals surface area contributed by atoms with E-state index in [1.807, 2.05) is 0 Å². The molecule has 4 N–H and O–H groups in total. The Morgan fingerprint density at radius 2 is 2.15 bits per heavy atom. The van der Waals surface area contributed by atoms with E-state index in [1.165, 1.54) is 18.3 Å². The van der Waals surface area contributed by atoms with Gasteiger partial charge in [0.25, 0.3) is 5.91 Å². The lowest BCUT2D eigenvalue weighted by Crippen LogP contribution is -2.15. The second-order valence-corrected chi connectivity index (χ2v) is 5.04. The van der Waals surface area contributed by atoms with Gasteiger partial charge in [-0.05, 0) is 40.2 Å². The molecule has 0 bridgehead atoms. The van der Waals surface area contributed by atoms with Crippen molar-refractivity contribution in [1.29, 1.82) is 0 Å². The third-order valence-electron chi connectivity index (χ3n) is 2.41. The molecular formula is C12H9BrClFN4O. The Hall–Kier alpha value is -1.70. The molecule has 0 atom stereocenters. The normalized spacial score (nSPS) is 10.2. The molecule has 0 unspecified atom stereocenters. The van der Waals surface area contributed by atoms with E-state index in [1.54, 1.807) is 6.07 Å². The minimum absolute atomic E-state index is 0.0884. The maximum atomic E-state index is 13.1. The number of hydrogen-bond donors (Lipinski definition) is 3. The fourth-order valence-corrected chi connectivity index (χ4v) is 2.35. The molecule has 5 nitrogen and oxygen atoms in total. The van der Waals surface area contributed by atoms with Gasteiger partial charge in [-0.1, -0.05) is 11.6 Å². The van der Waals surface area contributed by atoms with Crippen molar-refractivity contribution in [3.05, 3.63) is 51.5 Å². The Morgan fingerprint density at radius 1 is 1.40 bits per heavy atom. The van der Waals surface area contributed by atoms with Gasteiger partial charge in [-0.25, -0.2) is 9.37 Å². The molecule has 2 rings (SSSR count). The number of amides is 1. The molecule has 0 saturated heterocycles. The maximum absolute atomic E-state index is 13.1. The van der Waals surface area contributed by atoms with Crippen LogP contribution in [0.15, 0.2) is 34.9 Å². The smallest absolute Gasteiger partial charge is 0.274 e. The zero-order valence-corrected chi connectivity index (χ0v) is 12.3. The van der Waals surface area contributed by atoms with Crippen LogP contribution in [0.1, 0.15) is 10.5 Å². The van der Waals surface area contributed by atoms with Gasteiger partial charge in [0.1, 0.15) is 11.5 Å². The molecule has 8 heteroatoms. The Bertz CT molecular complexity index is 627. The summed E-state index contributed by atoms with van der Waals surface area (Å²) in [5.41, 5.74) is 3.43. The topological polar surface area (TPSA) is 80.0 Å². The highest BCUT2D eigenvalue weighted by Gasteiger charge is 2.13. The molecule has 0 aliphatic rings. The van der Waals surface area contributed by atoms with E-state index in [2.05, 4.69) is 31.7 Å². The zero-order chi connectivity index (χ0) is 14.7. The van der Waals surface area contributed by atoms with Crippen LogP contribution < -0.4 is 16.6 Å². The highest BCUT2D eigenvalue weighted by atomic mass is 79.9. The summed E-state index contributed by atoms with van der Waals surface area (Å²) >= 11 is 9.02. The number of nitrogens with zero attached hydrogens (tertiary/aromatic N) is 1. The number of pyridine rings is 1. The average Bonchev–Trinajstić information content (AvgIpc) is 2.42. The number of halogens is 3. The third kappa shape index (κ3) is 3.24. The van der Waals surface area contributed by atoms with Crippen molar-refractivity contribution in [2.45, 2.75) is 0 Å². The van der Waals surface area contributed by atoms with Crippen molar-refractivity contribution in [2.24, 2.45) is 5.84 Å². The molecule has 0 aliphatic carbocycles. The average molecular weight is 360 g/mol. The predicted molar refractivity (Wildman–Crippen MR) is 79.1 cm³/mol. The SMILES string of the molecule is NNc1ccc(C(=O)Nc2c(Cl)cc(F)cc2Br)nc1. The lowest BCUT2D eigenvalue weighted by molar-refractivity contribution is 0.102. The number of hydrazine groups is 1. The van der Waals surface area contributed by atoms with E-state index in [-0.39, 0.29) is 16.4 Å². The van der Waals surface area contributed by atoms with Gasteiger partial charge >= 0.3 is 0 Å². The van der Waals surface area contributed by atoms with Gasteiger partial charge in [-0.3, -0.25) is 10.6 Å². The quantitative estimate of drug-likeness (QED) is 0.581. The van der Waals surface area contributed by atoms with Gasteiger partial charge in [0.15, 0.2) is 0 Å². The first-order valence-electron chi connectivity index (χ1n) is 5.40. The highest BCUT2D eigenvalue weighted by Crippen LogP contribution is 2.31. The lowest BCUT2D eigenvalue weighted by atomic mass is 10.2. The largest absolute Gasteiger partial charge is 0.323 e. The van der Waals surface area contributed by atoms with E-state index < -0.39 is 11.7 Å². The second-order valence-electron chi connectivity index (χ2n) is 3.78. The summed E-state index contributed by atoms with van der Waals surface area (Å²) in [5, 5.41) is 2.65. The predicted octanol–water partition coefficient (Wildman–Crippen LogP) is 3.17. The number of nitrogens with two attached hydrogens (primary N) is 1. The van der Waals surface area contributed by atoms with Crippen molar-refractivity contribution in [1.82, 2.24) is 4.98 Å². The van der Waals surface area contributed by atoms with Crippen LogP contribution in [0, 0.1) is 5.82 Å². The first-order valence-corrected chi connectivity index (χ1v) is 6.57. The molecule has 1 heterocycles. The van der Waals surface area contributed by atoms with E-state index in [0.29, 0.717) is 10.2 Å². The van der Waals surface area contributed by atoms with Gasteiger partial charge in [-0.2, -0.15) is 0 Å². The molecular weight excluding hydrogens is 351 g/mol. The van der Waals surface area contributed by atoms with E-state index in [9.17, 15) is 9.18 Å². The van der Waals surface area contributed by atoms with Crippen molar-refractivity contribution in [3.8, 4) is 0 Å². The molecule has 0 aliphatic heterocycles. The monoisotopic (exact) mass is 358 g/mol. The van der Waals surface area contributed by atoms with Crippen molar-refractivity contribution in [2.75, 3.05) is 10.7 Å². The molecule has 0 fully saturated rings. The molecule has 1 aromatic heterocycles. The van der Waals surface area contributed by atoms with Crippen LogP contribution in [-0.2, 0) is 0 Å². The molecule has 1 aromatic carbocycles. The first kappa shape index (κ1) is 14.7. The molecule has 2 aromatic rings. The number of nitrogens with one attached hydrogen (secondary N) is 2. The Kier molecular flexibility index (Phi) is 4.53. The van der Waals surface area contributed by atoms with Crippen LogP contribution in [-0.4, -0.2) is 10.9 Å². The zero-order valence-electron chi connectivity index (χ0n) is 9.95. The van der Waals surface area contributed by atoms with E-state index in [0.717, 1.165) is 6.07 Å². The van der Waals surface area contributed by atoms with Crippen molar-refractivity contribution >= 4 is 44.8 Å². The van der Waals surface area contributed by atoms with Gasteiger partial charge in [0.05, 0.1) is 22.6 Å². The molecule has 0 spiro atoms. The Labute approximate surface area is 127 Å². The molecule has 1 amide bonds. The second kappa shape index (κ2) is 6.17. The summed E-state index contributed by atoms with van der Waals surface area (Å²) in [5.74, 6) is 4.23. The fourth-order valence-electron chi connectivity index (χ4n) is 1.45. The summed E-state index contributed by atoms with van der Waals surface area (Å²) in [6.07, 6.45) is 1.41. The number of nitrogen functional groups attached to an aromatic ring is 1. The maximum Gasteiger partial charge on any atom is 0.274 e. The number of aromatic nitrogens is 1. The van der Waals surface area contributed by atoms with Gasteiger partial charge in [0, 0.05) is 4.47 Å². The van der Waals surface area contributed by atoms with Gasteiger partial charge < -0.3 is 10.7 Å². The third-order valence-corrected chi connectivity index (χ3v) is 3.33. The Balaban J connectivity index is 2.23. The summed E-state index contributed by atoms with van der Waals surface area (Å²) in [4.78, 5) is 15.9. The molecule has 104 valence electrons. The number of benzene rings is 1. The molecule has 20 heavy (non-hydrogen) atoms. The minimum Gasteiger partial charge on any atom is -0.323 e. The van der Waals surface area contributed by atoms with Crippen LogP contribution in [0.5, 0.6) is 0 Å². The van der Waals surface area contributed by atoms with Crippen LogP contribution in [0.4, 0.5) is 15.8 Å². The minimum atomic E-state index is -0.503. The standard InChI is InChI=1S/C12H9BrClFN4O/c13-8-3-6(15)4-9(14)11(8)18-12(20)10-2-1-7(19-16)5-17-10/h1-5,19H,16H2,(H,18,20). The number of carbonyl (C=O) groups is 1. The summed E-state index contributed by atoms with van der Waals surface area (Å²) in [6, 6.07) is 5.41. The van der Waals surface area contributed by atoms with E-state index in [4.69, 9.17) is 17.4 Å². The van der Waals surface area contributed by atoms with Crippen molar-refractivity contribution in [3.63, 3.8) is 0 Å².